The van der Waals surface area contributed by atoms with Crippen LogP contribution in [0.5, 0.6) is 0 Å². The van der Waals surface area contributed by atoms with Crippen molar-refractivity contribution in [3.05, 3.63) is 83.8 Å². The van der Waals surface area contributed by atoms with Crippen molar-refractivity contribution in [2.45, 2.75) is 6.42 Å². The molecule has 0 atom stereocenters. The lowest BCUT2D eigenvalue weighted by Crippen LogP contribution is -1.90. The Bertz CT molecular complexity index is 742. The summed E-state index contributed by atoms with van der Waals surface area (Å²) in [7, 11) is 0. The van der Waals surface area contributed by atoms with Gasteiger partial charge in [-0.25, -0.2) is 4.39 Å². The first-order valence-electron chi connectivity index (χ1n) is 6.57. The molecule has 1 aromatic heterocycles. The number of para-hydroxylation sites is 1. The highest BCUT2D eigenvalue weighted by atomic mass is 19.1. The van der Waals surface area contributed by atoms with E-state index in [0.717, 1.165) is 22.0 Å². The maximum Gasteiger partial charge on any atom is 0.105 e. The zero-order chi connectivity index (χ0) is 13.8. The number of aromatic nitrogens is 1. The lowest BCUT2D eigenvalue weighted by Gasteiger charge is -2.04. The number of halogens is 1. The molecule has 20 heavy (non-hydrogen) atoms. The van der Waals surface area contributed by atoms with Crippen LogP contribution in [0.4, 0.5) is 4.39 Å². The van der Waals surface area contributed by atoms with Crippen molar-refractivity contribution in [3.63, 3.8) is 0 Å². The van der Waals surface area contributed by atoms with E-state index in [0.29, 0.717) is 0 Å². The Balaban J connectivity index is 1.92. The second kappa shape index (κ2) is 5.66. The Kier molecular flexibility index (Phi) is 3.55. The summed E-state index contributed by atoms with van der Waals surface area (Å²) in [6.07, 6.45) is 3.58. The third-order valence-electron chi connectivity index (χ3n) is 3.20. The molecular formula is C18H14FN. The number of pyridine rings is 1. The van der Waals surface area contributed by atoms with Gasteiger partial charge in [0.1, 0.15) is 5.83 Å². The van der Waals surface area contributed by atoms with E-state index < -0.39 is 0 Å². The van der Waals surface area contributed by atoms with Gasteiger partial charge in [-0.15, -0.1) is 0 Å². The summed E-state index contributed by atoms with van der Waals surface area (Å²) in [4.78, 5) is 4.35. The molecule has 0 saturated carbocycles. The SMILES string of the molecule is F/C(=C\c1ccccc1)Cc1cccc2cccnc12. The van der Waals surface area contributed by atoms with E-state index in [9.17, 15) is 4.39 Å². The van der Waals surface area contributed by atoms with Crippen LogP contribution in [0.25, 0.3) is 17.0 Å². The molecule has 0 spiro atoms. The quantitative estimate of drug-likeness (QED) is 0.662. The van der Waals surface area contributed by atoms with Crippen molar-refractivity contribution in [1.82, 2.24) is 4.98 Å². The van der Waals surface area contributed by atoms with Gasteiger partial charge in [-0.1, -0.05) is 54.6 Å². The van der Waals surface area contributed by atoms with Crippen molar-refractivity contribution in [2.75, 3.05) is 0 Å². The third-order valence-corrected chi connectivity index (χ3v) is 3.20. The highest BCUT2D eigenvalue weighted by Gasteiger charge is 2.04. The summed E-state index contributed by atoms with van der Waals surface area (Å²) in [6.45, 7) is 0. The van der Waals surface area contributed by atoms with E-state index in [-0.39, 0.29) is 12.2 Å². The van der Waals surface area contributed by atoms with Gasteiger partial charge in [-0.05, 0) is 23.3 Å². The van der Waals surface area contributed by atoms with Crippen molar-refractivity contribution >= 4 is 17.0 Å². The van der Waals surface area contributed by atoms with Gasteiger partial charge in [-0.2, -0.15) is 0 Å². The van der Waals surface area contributed by atoms with Gasteiger partial charge in [-0.3, -0.25) is 4.98 Å². The van der Waals surface area contributed by atoms with Gasteiger partial charge in [0.15, 0.2) is 0 Å². The molecule has 1 heterocycles. The van der Waals surface area contributed by atoms with E-state index in [2.05, 4.69) is 4.98 Å². The highest BCUT2D eigenvalue weighted by Crippen LogP contribution is 2.20. The summed E-state index contributed by atoms with van der Waals surface area (Å²) in [5.41, 5.74) is 2.65. The second-order valence-electron chi connectivity index (χ2n) is 4.67. The molecule has 3 aromatic rings. The van der Waals surface area contributed by atoms with Gasteiger partial charge in [0, 0.05) is 18.0 Å². The standard InChI is InChI=1S/C18H14FN/c19-17(12-14-6-2-1-3-7-14)13-16-9-4-8-15-10-5-11-20-18(15)16/h1-12H,13H2/b17-12-. The third kappa shape index (κ3) is 2.75. The van der Waals surface area contributed by atoms with Gasteiger partial charge in [0.25, 0.3) is 0 Å². The summed E-state index contributed by atoms with van der Waals surface area (Å²) in [5.74, 6) is -0.158. The number of benzene rings is 2. The van der Waals surface area contributed by atoms with Crippen LogP contribution in [0.1, 0.15) is 11.1 Å². The number of fused-ring (bicyclic) bond motifs is 1. The van der Waals surface area contributed by atoms with E-state index in [1.54, 1.807) is 12.3 Å². The molecule has 0 aliphatic carbocycles. The molecule has 1 nitrogen and oxygen atoms in total. The summed E-state index contributed by atoms with van der Waals surface area (Å²) in [6, 6.07) is 19.2. The summed E-state index contributed by atoms with van der Waals surface area (Å²) in [5, 5.41) is 1.04. The van der Waals surface area contributed by atoms with Gasteiger partial charge >= 0.3 is 0 Å². The predicted octanol–water partition coefficient (Wildman–Crippen LogP) is 4.79. The van der Waals surface area contributed by atoms with Crippen LogP contribution in [0.15, 0.2) is 72.7 Å². The first kappa shape index (κ1) is 12.5. The fraction of sp³-hybridized carbons (Fsp3) is 0.0556. The summed E-state index contributed by atoms with van der Waals surface area (Å²) < 4.78 is 14.1. The topological polar surface area (TPSA) is 12.9 Å². The normalized spacial score (nSPS) is 11.8. The van der Waals surface area contributed by atoms with Gasteiger partial charge in [0.05, 0.1) is 5.52 Å². The number of allylic oxidation sites excluding steroid dienone is 1. The van der Waals surface area contributed by atoms with Crippen LogP contribution in [0, 0.1) is 0 Å². The summed E-state index contributed by atoms with van der Waals surface area (Å²) >= 11 is 0. The molecule has 0 aliphatic rings. The Labute approximate surface area is 117 Å². The van der Waals surface area contributed by atoms with E-state index in [1.807, 2.05) is 60.7 Å². The molecular weight excluding hydrogens is 249 g/mol. The number of rotatable bonds is 3. The maximum atomic E-state index is 14.1. The minimum absolute atomic E-state index is 0.158. The van der Waals surface area contributed by atoms with E-state index in [1.165, 1.54) is 0 Å². The fourth-order valence-corrected chi connectivity index (χ4v) is 2.27. The lowest BCUT2D eigenvalue weighted by atomic mass is 10.1. The molecule has 0 saturated heterocycles. The molecule has 0 aliphatic heterocycles. The molecule has 2 heteroatoms. The van der Waals surface area contributed by atoms with Crippen LogP contribution < -0.4 is 0 Å². The minimum Gasteiger partial charge on any atom is -0.256 e. The van der Waals surface area contributed by atoms with Crippen LogP contribution in [0.3, 0.4) is 0 Å². The van der Waals surface area contributed by atoms with Gasteiger partial charge in [0.2, 0.25) is 0 Å². The monoisotopic (exact) mass is 263 g/mol. The van der Waals surface area contributed by atoms with E-state index >= 15 is 0 Å². The zero-order valence-electron chi connectivity index (χ0n) is 11.0. The Morgan fingerprint density at radius 2 is 1.75 bits per heavy atom. The largest absolute Gasteiger partial charge is 0.256 e. The fourth-order valence-electron chi connectivity index (χ4n) is 2.27. The van der Waals surface area contributed by atoms with Crippen molar-refractivity contribution in [1.29, 1.82) is 0 Å². The van der Waals surface area contributed by atoms with E-state index in [4.69, 9.17) is 0 Å². The van der Waals surface area contributed by atoms with Crippen LogP contribution in [-0.2, 0) is 6.42 Å². The smallest absolute Gasteiger partial charge is 0.105 e. The van der Waals surface area contributed by atoms with Crippen LogP contribution in [0.2, 0.25) is 0 Å². The molecule has 98 valence electrons. The maximum absolute atomic E-state index is 14.1. The molecule has 0 radical (unpaired) electrons. The molecule has 0 amide bonds. The molecule has 0 fully saturated rings. The minimum atomic E-state index is -0.158. The van der Waals surface area contributed by atoms with Gasteiger partial charge < -0.3 is 0 Å². The molecule has 0 bridgehead atoms. The van der Waals surface area contributed by atoms with Crippen molar-refractivity contribution in [2.24, 2.45) is 0 Å². The first-order chi connectivity index (χ1) is 9.83. The van der Waals surface area contributed by atoms with Crippen LogP contribution >= 0.6 is 0 Å². The Hall–Kier alpha value is -2.48. The molecule has 2 aromatic carbocycles. The average Bonchev–Trinajstić information content (AvgIpc) is 2.48. The van der Waals surface area contributed by atoms with Crippen LogP contribution in [-0.4, -0.2) is 4.98 Å². The number of nitrogens with zero attached hydrogens (tertiary/aromatic N) is 1. The number of hydrogen-bond donors (Lipinski definition) is 0. The number of hydrogen-bond acceptors (Lipinski definition) is 1. The molecule has 0 N–H and O–H groups in total. The Morgan fingerprint density at radius 3 is 2.60 bits per heavy atom. The second-order valence-corrected chi connectivity index (χ2v) is 4.67. The zero-order valence-corrected chi connectivity index (χ0v) is 11.0. The highest BCUT2D eigenvalue weighted by molar-refractivity contribution is 5.81. The van der Waals surface area contributed by atoms with Crippen molar-refractivity contribution < 1.29 is 4.39 Å². The average molecular weight is 263 g/mol. The first-order valence-corrected chi connectivity index (χ1v) is 6.57. The lowest BCUT2D eigenvalue weighted by molar-refractivity contribution is 0.621. The predicted molar refractivity (Wildman–Crippen MR) is 81.0 cm³/mol. The Morgan fingerprint density at radius 1 is 0.950 bits per heavy atom. The van der Waals surface area contributed by atoms with Crippen molar-refractivity contribution in [3.8, 4) is 0 Å². The molecule has 3 rings (SSSR count). The molecule has 0 unspecified atom stereocenters.